The molecule has 1 aliphatic carbocycles. The molecule has 122 valence electrons. The van der Waals surface area contributed by atoms with Crippen LogP contribution in [0.2, 0.25) is 5.02 Å². The van der Waals surface area contributed by atoms with Crippen LogP contribution in [0.1, 0.15) is 55.2 Å². The van der Waals surface area contributed by atoms with Gasteiger partial charge in [-0.2, -0.15) is 0 Å². The molecule has 0 spiro atoms. The van der Waals surface area contributed by atoms with Gasteiger partial charge >= 0.3 is 0 Å². The first kappa shape index (κ1) is 16.5. The number of hydrogen-bond donors (Lipinski definition) is 0. The minimum atomic E-state index is -0.276. The number of aryl methyl sites for hydroxylation is 2. The summed E-state index contributed by atoms with van der Waals surface area (Å²) in [5.41, 5.74) is 3.43. The van der Waals surface area contributed by atoms with Crippen LogP contribution in [0.25, 0.3) is 0 Å². The maximum absolute atomic E-state index is 13.9. The Bertz CT molecular complexity index is 639. The third-order valence-corrected chi connectivity index (χ3v) is 5.47. The third kappa shape index (κ3) is 4.14. The highest BCUT2D eigenvalue weighted by Gasteiger charge is 2.19. The molecule has 0 atom stereocenters. The zero-order valence-electron chi connectivity index (χ0n) is 13.7. The average Bonchev–Trinajstić information content (AvgIpc) is 2.57. The van der Waals surface area contributed by atoms with E-state index in [0.717, 1.165) is 18.3 Å². The van der Waals surface area contributed by atoms with E-state index in [1.165, 1.54) is 36.8 Å². The van der Waals surface area contributed by atoms with Crippen LogP contribution >= 0.6 is 11.6 Å². The fourth-order valence-electron chi connectivity index (χ4n) is 3.57. The summed E-state index contributed by atoms with van der Waals surface area (Å²) in [4.78, 5) is 0. The Kier molecular flexibility index (Phi) is 5.38. The molecule has 1 saturated carbocycles. The van der Waals surface area contributed by atoms with Crippen LogP contribution in [0, 0.1) is 11.7 Å². The van der Waals surface area contributed by atoms with Crippen LogP contribution in [0.3, 0.4) is 0 Å². The van der Waals surface area contributed by atoms with Gasteiger partial charge in [0.2, 0.25) is 0 Å². The monoisotopic (exact) mass is 330 g/mol. The molecule has 0 aromatic heterocycles. The Hall–Kier alpha value is -1.34. The summed E-state index contributed by atoms with van der Waals surface area (Å²) in [5, 5.41) is 0.212. The lowest BCUT2D eigenvalue weighted by Gasteiger charge is -2.26. The molecule has 0 amide bonds. The van der Waals surface area contributed by atoms with Crippen LogP contribution in [-0.2, 0) is 12.8 Å². The molecule has 23 heavy (non-hydrogen) atoms. The van der Waals surface area contributed by atoms with E-state index in [2.05, 4.69) is 31.2 Å². The van der Waals surface area contributed by atoms with Crippen molar-refractivity contribution in [3.8, 4) is 0 Å². The third-order valence-electron chi connectivity index (χ3n) is 5.18. The van der Waals surface area contributed by atoms with Gasteiger partial charge in [-0.15, -0.1) is 0 Å². The lowest BCUT2D eigenvalue weighted by atomic mass is 9.79. The summed E-state index contributed by atoms with van der Waals surface area (Å²) in [7, 11) is 0. The fourth-order valence-corrected chi connectivity index (χ4v) is 3.76. The second-order valence-electron chi connectivity index (χ2n) is 6.91. The quantitative estimate of drug-likeness (QED) is 0.595. The van der Waals surface area contributed by atoms with Crippen molar-refractivity contribution in [2.45, 2.75) is 51.4 Å². The highest BCUT2D eigenvalue weighted by atomic mass is 35.5. The summed E-state index contributed by atoms with van der Waals surface area (Å²) in [6, 6.07) is 14.2. The van der Waals surface area contributed by atoms with E-state index in [0.29, 0.717) is 12.0 Å². The molecule has 3 rings (SSSR count). The lowest BCUT2D eigenvalue weighted by molar-refractivity contribution is 0.348. The molecule has 1 fully saturated rings. The molecule has 0 heterocycles. The molecule has 0 N–H and O–H groups in total. The Morgan fingerprint density at radius 1 is 0.957 bits per heavy atom. The number of halogens is 2. The number of rotatable bonds is 4. The van der Waals surface area contributed by atoms with Crippen molar-refractivity contribution in [2.24, 2.45) is 5.92 Å². The molecule has 2 aromatic rings. The summed E-state index contributed by atoms with van der Waals surface area (Å²) in [6.07, 6.45) is 6.86. The second-order valence-corrected chi connectivity index (χ2v) is 7.32. The largest absolute Gasteiger partial charge is 0.205 e. The standard InChI is InChI=1S/C21H24ClF/c1-15-5-10-17(11-6-15)18-12-7-16(8-13-18)9-14-19-3-2-4-20(22)21(19)23/h2-4,7-8,12-13,15,17H,5-6,9-11,14H2,1H3. The summed E-state index contributed by atoms with van der Waals surface area (Å²) >= 11 is 5.84. The van der Waals surface area contributed by atoms with Crippen molar-refractivity contribution in [1.82, 2.24) is 0 Å². The van der Waals surface area contributed by atoms with Crippen LogP contribution in [0.4, 0.5) is 4.39 Å². The Balaban J connectivity index is 1.60. The molecular formula is C21H24ClF. The number of hydrogen-bond acceptors (Lipinski definition) is 0. The second kappa shape index (κ2) is 7.49. The van der Waals surface area contributed by atoms with E-state index in [-0.39, 0.29) is 10.8 Å². The van der Waals surface area contributed by atoms with Crippen molar-refractivity contribution in [3.05, 3.63) is 70.0 Å². The molecule has 0 bridgehead atoms. The van der Waals surface area contributed by atoms with Gasteiger partial charge in [0.25, 0.3) is 0 Å². The van der Waals surface area contributed by atoms with Crippen molar-refractivity contribution < 1.29 is 4.39 Å². The lowest BCUT2D eigenvalue weighted by Crippen LogP contribution is -2.10. The zero-order valence-corrected chi connectivity index (χ0v) is 14.5. The van der Waals surface area contributed by atoms with Gasteiger partial charge in [0, 0.05) is 0 Å². The van der Waals surface area contributed by atoms with E-state index in [4.69, 9.17) is 11.6 Å². The normalized spacial score (nSPS) is 21.3. The maximum atomic E-state index is 13.9. The van der Waals surface area contributed by atoms with Crippen LogP contribution < -0.4 is 0 Å². The topological polar surface area (TPSA) is 0 Å². The van der Waals surface area contributed by atoms with Gasteiger partial charge in [0.05, 0.1) is 5.02 Å². The molecule has 2 aromatic carbocycles. The Labute approximate surface area is 143 Å². The van der Waals surface area contributed by atoms with E-state index >= 15 is 0 Å². The van der Waals surface area contributed by atoms with Crippen molar-refractivity contribution >= 4 is 11.6 Å². The van der Waals surface area contributed by atoms with E-state index in [1.807, 2.05) is 12.1 Å². The van der Waals surface area contributed by atoms with Crippen molar-refractivity contribution in [1.29, 1.82) is 0 Å². The molecule has 0 unspecified atom stereocenters. The molecule has 0 saturated heterocycles. The van der Waals surface area contributed by atoms with Gasteiger partial charge in [-0.25, -0.2) is 4.39 Å². The molecule has 0 radical (unpaired) electrons. The SMILES string of the molecule is CC1CCC(c2ccc(CCc3cccc(Cl)c3F)cc2)CC1. The Morgan fingerprint density at radius 3 is 2.35 bits per heavy atom. The summed E-state index contributed by atoms with van der Waals surface area (Å²) in [5.74, 6) is 1.34. The molecular weight excluding hydrogens is 307 g/mol. The van der Waals surface area contributed by atoms with Crippen molar-refractivity contribution in [2.75, 3.05) is 0 Å². The van der Waals surface area contributed by atoms with Gasteiger partial charge in [-0.05, 0) is 60.3 Å². The van der Waals surface area contributed by atoms with Gasteiger partial charge in [0.1, 0.15) is 5.82 Å². The predicted octanol–water partition coefficient (Wildman–Crippen LogP) is 6.56. The molecule has 1 aliphatic rings. The average molecular weight is 331 g/mol. The van der Waals surface area contributed by atoms with E-state index < -0.39 is 0 Å². The zero-order chi connectivity index (χ0) is 16.2. The molecule has 0 aliphatic heterocycles. The minimum Gasteiger partial charge on any atom is -0.205 e. The number of benzene rings is 2. The first-order valence-electron chi connectivity index (χ1n) is 8.65. The summed E-state index contributed by atoms with van der Waals surface area (Å²) in [6.45, 7) is 2.36. The van der Waals surface area contributed by atoms with Gasteiger partial charge in [-0.1, -0.05) is 67.8 Å². The minimum absolute atomic E-state index is 0.212. The highest BCUT2D eigenvalue weighted by Crippen LogP contribution is 2.35. The van der Waals surface area contributed by atoms with Gasteiger partial charge in [0.15, 0.2) is 0 Å². The van der Waals surface area contributed by atoms with Crippen molar-refractivity contribution in [3.63, 3.8) is 0 Å². The smallest absolute Gasteiger partial charge is 0.144 e. The fraction of sp³-hybridized carbons (Fsp3) is 0.429. The van der Waals surface area contributed by atoms with E-state index in [9.17, 15) is 4.39 Å². The maximum Gasteiger partial charge on any atom is 0.144 e. The highest BCUT2D eigenvalue weighted by molar-refractivity contribution is 6.30. The molecule has 2 heteroatoms. The van der Waals surface area contributed by atoms with E-state index in [1.54, 1.807) is 6.07 Å². The van der Waals surface area contributed by atoms with Crippen LogP contribution in [0.5, 0.6) is 0 Å². The molecule has 0 nitrogen and oxygen atoms in total. The van der Waals surface area contributed by atoms with Crippen LogP contribution in [0.15, 0.2) is 42.5 Å². The summed E-state index contributed by atoms with van der Waals surface area (Å²) < 4.78 is 13.9. The first-order chi connectivity index (χ1) is 11.1. The van der Waals surface area contributed by atoms with Gasteiger partial charge in [-0.3, -0.25) is 0 Å². The Morgan fingerprint density at radius 2 is 1.65 bits per heavy atom. The van der Waals surface area contributed by atoms with Crippen LogP contribution in [-0.4, -0.2) is 0 Å². The van der Waals surface area contributed by atoms with Gasteiger partial charge < -0.3 is 0 Å². The predicted molar refractivity (Wildman–Crippen MR) is 95.6 cm³/mol. The first-order valence-corrected chi connectivity index (χ1v) is 9.03.